The van der Waals surface area contributed by atoms with Crippen molar-refractivity contribution in [3.05, 3.63) is 18.7 Å². The molecule has 0 rings (SSSR count). The third kappa shape index (κ3) is 10.1. The van der Waals surface area contributed by atoms with Crippen LogP contribution in [0.3, 0.4) is 0 Å². The van der Waals surface area contributed by atoms with Gasteiger partial charge in [0.15, 0.2) is 0 Å². The number of aliphatic imine (C=N–C) groups is 1. The molecule has 0 bridgehead atoms. The van der Waals surface area contributed by atoms with Gasteiger partial charge in [0.2, 0.25) is 0 Å². The predicted octanol–water partition coefficient (Wildman–Crippen LogP) is 1.30. The summed E-state index contributed by atoms with van der Waals surface area (Å²) in [6.45, 7) is 10.1. The Kier molecular flexibility index (Phi) is 21.9. The number of hydrogen-bond donors (Lipinski definition) is 0. The summed E-state index contributed by atoms with van der Waals surface area (Å²) in [4.78, 5) is 3.26. The summed E-state index contributed by atoms with van der Waals surface area (Å²) in [6, 6.07) is 0. The Balaban J connectivity index is -0.000000125. The van der Waals surface area contributed by atoms with E-state index in [9.17, 15) is 0 Å². The molecular weight excluding hydrogens is 347 g/mol. The zero-order valence-corrected chi connectivity index (χ0v) is 10.6. The van der Waals surface area contributed by atoms with Gasteiger partial charge in [0.25, 0.3) is 0 Å². The third-order valence-corrected chi connectivity index (χ3v) is 0.499. The van der Waals surface area contributed by atoms with Crippen LogP contribution < -0.4 is 0 Å². The van der Waals surface area contributed by atoms with Crippen LogP contribution in [0.2, 0.25) is 0 Å². The zero-order valence-electron chi connectivity index (χ0n) is 4.79. The van der Waals surface area contributed by atoms with Crippen molar-refractivity contribution in [2.75, 3.05) is 0 Å². The molecule has 0 N–H and O–H groups in total. The van der Waals surface area contributed by atoms with Crippen molar-refractivity contribution in [3.63, 3.8) is 0 Å². The van der Waals surface area contributed by atoms with Crippen LogP contribution in [0.1, 0.15) is 6.92 Å². The fraction of sp³-hybridized carbons (Fsp3) is 0.200. The van der Waals surface area contributed by atoms with Crippen LogP contribution in [0.25, 0.3) is 0 Å². The van der Waals surface area contributed by atoms with Crippen molar-refractivity contribution >= 4 is 6.72 Å². The molecule has 0 fully saturated rings. The van der Waals surface area contributed by atoms with E-state index in [-0.39, 0.29) is 53.8 Å². The van der Waals surface area contributed by atoms with Gasteiger partial charge in [-0.25, -0.2) is 0 Å². The van der Waals surface area contributed by atoms with Gasteiger partial charge in [0, 0.05) is 53.8 Å². The molecule has 8 heavy (non-hydrogen) atoms. The molecule has 0 aliphatic carbocycles. The Morgan fingerprint density at radius 1 is 1.75 bits per heavy atom. The fourth-order valence-corrected chi connectivity index (χ4v) is 0.0745. The van der Waals surface area contributed by atoms with Gasteiger partial charge in [-0.05, 0) is 0 Å². The monoisotopic (exact) mass is 354 g/mol. The molecule has 0 atom stereocenters. The molecule has 0 heterocycles. The van der Waals surface area contributed by atoms with E-state index in [1.807, 2.05) is 6.92 Å². The summed E-state index contributed by atoms with van der Waals surface area (Å²) < 4.78 is 0. The summed E-state index contributed by atoms with van der Waals surface area (Å²) in [7, 11) is 0. The summed E-state index contributed by atoms with van der Waals surface area (Å²) in [5, 5.41) is 0. The Morgan fingerprint density at radius 3 is 2.12 bits per heavy atom. The topological polar surface area (TPSA) is 12.4 Å². The van der Waals surface area contributed by atoms with E-state index in [0.29, 0.717) is 5.70 Å². The summed E-state index contributed by atoms with van der Waals surface area (Å²) in [5.41, 5.74) is 0.620. The number of rotatable bonds is 2. The molecule has 1 nitrogen and oxygen atoms in total. The van der Waals surface area contributed by atoms with E-state index in [1.54, 1.807) is 6.42 Å². The normalized spacial score (nSPS) is 5.12. The van der Waals surface area contributed by atoms with Gasteiger partial charge in [-0.1, -0.05) is 0 Å². The van der Waals surface area contributed by atoms with Crippen LogP contribution in [0.4, 0.5) is 0 Å². The minimum Gasteiger partial charge on any atom is -0.497 e. The van der Waals surface area contributed by atoms with Crippen LogP contribution in [0, 0.1) is 6.42 Å². The van der Waals surface area contributed by atoms with Crippen molar-refractivity contribution in [3.8, 4) is 0 Å². The quantitative estimate of drug-likeness (QED) is 0.524. The number of hydrogen-bond acceptors (Lipinski definition) is 1. The molecular formula is C5H7NWY-2. The van der Waals surface area contributed by atoms with Crippen LogP contribution in [0.5, 0.6) is 0 Å². The Morgan fingerprint density at radius 2 is 2.12 bits per heavy atom. The Hall–Kier alpha value is 1.07. The predicted molar refractivity (Wildman–Crippen MR) is 27.6 cm³/mol. The van der Waals surface area contributed by atoms with E-state index in [1.165, 1.54) is 0 Å². The molecule has 43 valence electrons. The zero-order chi connectivity index (χ0) is 4.99. The first-order chi connectivity index (χ1) is 2.81. The van der Waals surface area contributed by atoms with E-state index in [2.05, 4.69) is 11.6 Å². The average molecular weight is 354 g/mol. The standard InChI is InChI=1S/C5H7N.W.Y/c1-4-5(2)6-3;;/h3-4H,2H2,1H3;;/q-2;;. The van der Waals surface area contributed by atoms with E-state index < -0.39 is 0 Å². The van der Waals surface area contributed by atoms with Gasteiger partial charge < -0.3 is 11.6 Å². The van der Waals surface area contributed by atoms with E-state index in [4.69, 9.17) is 6.72 Å². The van der Waals surface area contributed by atoms with Gasteiger partial charge in [-0.15, -0.1) is 6.92 Å². The first-order valence-electron chi connectivity index (χ1n) is 1.70. The molecule has 0 saturated heterocycles. The largest absolute Gasteiger partial charge is 0.497 e. The average Bonchev–Trinajstić information content (AvgIpc) is 1.65. The van der Waals surface area contributed by atoms with Crippen LogP contribution >= 0.6 is 0 Å². The fourth-order valence-electron chi connectivity index (χ4n) is 0.0745. The molecule has 0 spiro atoms. The maximum atomic E-state index is 4.78. The molecule has 0 aromatic carbocycles. The summed E-state index contributed by atoms with van der Waals surface area (Å²) >= 11 is 0. The second-order valence-corrected chi connectivity index (χ2v) is 0.909. The van der Waals surface area contributed by atoms with Crippen molar-refractivity contribution < 1.29 is 53.8 Å². The third-order valence-electron chi connectivity index (χ3n) is 0.499. The Bertz CT molecular complexity index is 72.8. The second kappa shape index (κ2) is 10.9. The van der Waals surface area contributed by atoms with E-state index >= 15 is 0 Å². The van der Waals surface area contributed by atoms with Gasteiger partial charge in [-0.3, -0.25) is 12.1 Å². The number of allylic oxidation sites excluding steroid dienone is 1. The minimum absolute atomic E-state index is 0. The molecule has 1 radical (unpaired) electrons. The van der Waals surface area contributed by atoms with Gasteiger partial charge in [-0.2, -0.15) is 6.72 Å². The van der Waals surface area contributed by atoms with Crippen molar-refractivity contribution in [2.24, 2.45) is 4.99 Å². The van der Waals surface area contributed by atoms with Crippen LogP contribution in [-0.2, 0) is 53.8 Å². The first kappa shape index (κ1) is 16.0. The molecule has 0 aliphatic heterocycles. The molecule has 0 unspecified atom stereocenters. The van der Waals surface area contributed by atoms with Gasteiger partial charge >= 0.3 is 0 Å². The van der Waals surface area contributed by atoms with Gasteiger partial charge in [0.1, 0.15) is 0 Å². The molecule has 3 heteroatoms. The van der Waals surface area contributed by atoms with Crippen molar-refractivity contribution in [1.29, 1.82) is 0 Å². The maximum absolute atomic E-state index is 4.78. The molecule has 0 aromatic heterocycles. The summed E-state index contributed by atoms with van der Waals surface area (Å²) in [5.74, 6) is 0. The van der Waals surface area contributed by atoms with Gasteiger partial charge in [0.05, 0.1) is 0 Å². The molecule has 0 aromatic rings. The minimum atomic E-state index is 0. The van der Waals surface area contributed by atoms with E-state index in [0.717, 1.165) is 0 Å². The summed E-state index contributed by atoms with van der Waals surface area (Å²) in [6.07, 6.45) is 1.74. The molecule has 0 aliphatic rings. The van der Waals surface area contributed by atoms with Crippen molar-refractivity contribution in [1.82, 2.24) is 0 Å². The van der Waals surface area contributed by atoms with Crippen molar-refractivity contribution in [2.45, 2.75) is 6.92 Å². The molecule has 0 saturated carbocycles. The molecule has 0 amide bonds. The Labute approximate surface area is 90.2 Å². The smallest absolute Gasteiger partial charge is 0 e. The van der Waals surface area contributed by atoms with Crippen LogP contribution in [-0.4, -0.2) is 6.72 Å². The SMILES string of the molecule is [CH-]=NC(=C)[CH-]C.[W].[Y]. The first-order valence-corrected chi connectivity index (χ1v) is 1.70. The number of nitrogens with zero attached hydrogens (tertiary/aromatic N) is 1. The maximum Gasteiger partial charge on any atom is 0 e. The van der Waals surface area contributed by atoms with Crippen LogP contribution in [0.15, 0.2) is 17.3 Å². The second-order valence-electron chi connectivity index (χ2n) is 0.909.